The lowest BCUT2D eigenvalue weighted by Gasteiger charge is -2.53. The van der Waals surface area contributed by atoms with Crippen LogP contribution in [-0.2, 0) is 0 Å². The van der Waals surface area contributed by atoms with E-state index in [1.54, 1.807) is 0 Å². The van der Waals surface area contributed by atoms with Gasteiger partial charge in [-0.25, -0.2) is 0 Å². The molecule has 0 radical (unpaired) electrons. The normalized spacial score (nSPS) is 42.4. The monoisotopic (exact) mass is 386 g/mol. The van der Waals surface area contributed by atoms with E-state index in [4.69, 9.17) is 0 Å². The summed E-state index contributed by atoms with van der Waals surface area (Å²) in [7, 11) is 0. The third-order valence-corrected chi connectivity index (χ3v) is 9.99. The molecule has 1 nitrogen and oxygen atoms in total. The van der Waals surface area contributed by atoms with Gasteiger partial charge in [0.15, 0.2) is 0 Å². The first-order valence-electron chi connectivity index (χ1n) is 12.8. The number of aliphatic hydroxyl groups is 1. The minimum Gasteiger partial charge on any atom is -0.393 e. The Morgan fingerprint density at radius 3 is 2.68 bits per heavy atom. The number of aliphatic hydroxyl groups excluding tert-OH is 1. The zero-order valence-electron chi connectivity index (χ0n) is 19.1. The van der Waals surface area contributed by atoms with Crippen molar-refractivity contribution in [3.05, 3.63) is 11.6 Å². The fourth-order valence-electron chi connectivity index (χ4n) is 8.12. The van der Waals surface area contributed by atoms with Crippen LogP contribution in [0.4, 0.5) is 0 Å². The molecule has 0 amide bonds. The minimum absolute atomic E-state index is 0.115. The molecule has 4 aliphatic carbocycles. The molecule has 8 unspecified atom stereocenters. The van der Waals surface area contributed by atoms with Crippen LogP contribution in [0.1, 0.15) is 105 Å². The summed E-state index contributed by atoms with van der Waals surface area (Å²) in [5, 5.41) is 10.2. The van der Waals surface area contributed by atoms with Gasteiger partial charge in [0.25, 0.3) is 0 Å². The van der Waals surface area contributed by atoms with Crippen LogP contribution in [0.2, 0.25) is 0 Å². The second-order valence-electron chi connectivity index (χ2n) is 11.8. The Hall–Kier alpha value is -0.300. The highest BCUT2D eigenvalue weighted by molar-refractivity contribution is 5.18. The quantitative estimate of drug-likeness (QED) is 0.472. The molecule has 0 aliphatic heterocycles. The van der Waals surface area contributed by atoms with Crippen molar-refractivity contribution in [1.82, 2.24) is 0 Å². The molecule has 0 bridgehead atoms. The third kappa shape index (κ3) is 3.86. The summed E-state index contributed by atoms with van der Waals surface area (Å²) < 4.78 is 0. The molecule has 4 aliphatic rings. The van der Waals surface area contributed by atoms with Crippen molar-refractivity contribution < 1.29 is 5.11 Å². The molecule has 4 rings (SSSR count). The van der Waals surface area contributed by atoms with Crippen molar-refractivity contribution in [2.24, 2.45) is 46.8 Å². The molecule has 0 aromatic heterocycles. The van der Waals surface area contributed by atoms with E-state index in [0.29, 0.717) is 17.3 Å². The minimum atomic E-state index is -0.115. The first-order valence-corrected chi connectivity index (χ1v) is 12.8. The Morgan fingerprint density at radius 2 is 1.89 bits per heavy atom. The molecule has 3 fully saturated rings. The van der Waals surface area contributed by atoms with Gasteiger partial charge in [0.1, 0.15) is 0 Å². The molecule has 8 atom stereocenters. The summed E-state index contributed by atoms with van der Waals surface area (Å²) in [5.74, 6) is 5.98. The SMILES string of the molecule is CC(CCC1CCC2C3CC=C4CCCCC4C3CCC12C)CC(O)C(C)C. The molecular weight excluding hydrogens is 340 g/mol. The molecular formula is C27H46O. The molecule has 1 heteroatoms. The van der Waals surface area contributed by atoms with E-state index in [0.717, 1.165) is 36.0 Å². The molecule has 3 saturated carbocycles. The van der Waals surface area contributed by atoms with Crippen LogP contribution < -0.4 is 0 Å². The van der Waals surface area contributed by atoms with E-state index in [1.807, 2.05) is 5.57 Å². The van der Waals surface area contributed by atoms with Crippen molar-refractivity contribution in [3.63, 3.8) is 0 Å². The van der Waals surface area contributed by atoms with Crippen LogP contribution >= 0.6 is 0 Å². The number of hydrogen-bond donors (Lipinski definition) is 1. The zero-order valence-corrected chi connectivity index (χ0v) is 19.1. The molecule has 0 aromatic rings. The fraction of sp³-hybridized carbons (Fsp3) is 0.926. The van der Waals surface area contributed by atoms with Crippen LogP contribution in [-0.4, -0.2) is 11.2 Å². The average molecular weight is 387 g/mol. The molecule has 0 saturated heterocycles. The molecule has 0 spiro atoms. The highest BCUT2D eigenvalue weighted by atomic mass is 16.3. The summed E-state index contributed by atoms with van der Waals surface area (Å²) in [6, 6.07) is 0. The Morgan fingerprint density at radius 1 is 1.07 bits per heavy atom. The predicted octanol–water partition coefficient (Wildman–Crippen LogP) is 7.39. The van der Waals surface area contributed by atoms with Crippen LogP contribution in [0.25, 0.3) is 0 Å². The number of rotatable bonds is 6. The van der Waals surface area contributed by atoms with Crippen LogP contribution in [0.5, 0.6) is 0 Å². The highest BCUT2D eigenvalue weighted by Crippen LogP contribution is 2.64. The highest BCUT2D eigenvalue weighted by Gasteiger charge is 2.55. The summed E-state index contributed by atoms with van der Waals surface area (Å²) in [4.78, 5) is 0. The molecule has 0 heterocycles. The van der Waals surface area contributed by atoms with E-state index >= 15 is 0 Å². The van der Waals surface area contributed by atoms with Crippen molar-refractivity contribution >= 4 is 0 Å². The Balaban J connectivity index is 1.38. The molecule has 28 heavy (non-hydrogen) atoms. The van der Waals surface area contributed by atoms with Crippen LogP contribution in [0.3, 0.4) is 0 Å². The van der Waals surface area contributed by atoms with Gasteiger partial charge in [-0.15, -0.1) is 0 Å². The lowest BCUT2D eigenvalue weighted by molar-refractivity contribution is -0.0152. The first-order chi connectivity index (χ1) is 13.4. The average Bonchev–Trinajstić information content (AvgIpc) is 3.02. The number of fused-ring (bicyclic) bond motifs is 5. The first kappa shape index (κ1) is 21.0. The van der Waals surface area contributed by atoms with E-state index in [9.17, 15) is 5.11 Å². The second kappa shape index (κ2) is 8.44. The van der Waals surface area contributed by atoms with E-state index < -0.39 is 0 Å². The molecule has 1 N–H and O–H groups in total. The smallest absolute Gasteiger partial charge is 0.0565 e. The third-order valence-electron chi connectivity index (χ3n) is 9.99. The maximum atomic E-state index is 10.2. The summed E-state index contributed by atoms with van der Waals surface area (Å²) in [5.41, 5.74) is 2.47. The maximum Gasteiger partial charge on any atom is 0.0565 e. The van der Waals surface area contributed by atoms with Crippen LogP contribution in [0, 0.1) is 46.8 Å². The van der Waals surface area contributed by atoms with Gasteiger partial charge in [-0.1, -0.05) is 52.2 Å². The van der Waals surface area contributed by atoms with Gasteiger partial charge < -0.3 is 5.11 Å². The summed E-state index contributed by atoms with van der Waals surface area (Å²) in [6.45, 7) is 9.34. The second-order valence-corrected chi connectivity index (χ2v) is 11.8. The van der Waals surface area contributed by atoms with E-state index in [1.165, 1.54) is 70.6 Å². The van der Waals surface area contributed by atoms with E-state index in [-0.39, 0.29) is 6.10 Å². The lowest BCUT2D eigenvalue weighted by Crippen LogP contribution is -2.45. The van der Waals surface area contributed by atoms with Gasteiger partial charge in [-0.3, -0.25) is 0 Å². The number of hydrogen-bond acceptors (Lipinski definition) is 1. The molecule has 160 valence electrons. The van der Waals surface area contributed by atoms with Gasteiger partial charge in [0.05, 0.1) is 6.10 Å². The summed E-state index contributed by atoms with van der Waals surface area (Å²) in [6.07, 6.45) is 19.5. The lowest BCUT2D eigenvalue weighted by atomic mass is 9.51. The van der Waals surface area contributed by atoms with Crippen molar-refractivity contribution in [3.8, 4) is 0 Å². The standard InChI is InChI=1S/C27H46O/c1-18(2)26(28)17-19(3)9-11-21-12-14-25-24-13-10-20-7-5-6-8-22(20)23(24)15-16-27(21,25)4/h10,18-19,21-26,28H,5-9,11-17H2,1-4H3. The van der Waals surface area contributed by atoms with E-state index in [2.05, 4.69) is 33.8 Å². The van der Waals surface area contributed by atoms with Gasteiger partial charge in [-0.2, -0.15) is 0 Å². The predicted molar refractivity (Wildman–Crippen MR) is 119 cm³/mol. The topological polar surface area (TPSA) is 20.2 Å². The van der Waals surface area contributed by atoms with Crippen molar-refractivity contribution in [2.45, 2.75) is 111 Å². The van der Waals surface area contributed by atoms with Crippen molar-refractivity contribution in [1.29, 1.82) is 0 Å². The van der Waals surface area contributed by atoms with Gasteiger partial charge in [0, 0.05) is 0 Å². The van der Waals surface area contributed by atoms with Gasteiger partial charge in [-0.05, 0) is 111 Å². The zero-order chi connectivity index (χ0) is 19.9. The maximum absolute atomic E-state index is 10.2. The Labute approximate surface area is 174 Å². The molecule has 0 aromatic carbocycles. The van der Waals surface area contributed by atoms with Crippen molar-refractivity contribution in [2.75, 3.05) is 0 Å². The van der Waals surface area contributed by atoms with Gasteiger partial charge in [0.2, 0.25) is 0 Å². The number of allylic oxidation sites excluding steroid dienone is 2. The largest absolute Gasteiger partial charge is 0.393 e. The van der Waals surface area contributed by atoms with Gasteiger partial charge >= 0.3 is 0 Å². The summed E-state index contributed by atoms with van der Waals surface area (Å²) >= 11 is 0. The van der Waals surface area contributed by atoms with Crippen LogP contribution in [0.15, 0.2) is 11.6 Å². The Bertz CT molecular complexity index is 563. The Kier molecular flexibility index (Phi) is 6.32. The fourth-order valence-corrected chi connectivity index (χ4v) is 8.12.